The van der Waals surface area contributed by atoms with Gasteiger partial charge in [0.15, 0.2) is 0 Å². The van der Waals surface area contributed by atoms with Crippen molar-refractivity contribution in [3.05, 3.63) is 29.8 Å². The Labute approximate surface area is 117 Å². The number of rotatable bonds is 1. The monoisotopic (exact) mass is 271 g/mol. The molecule has 3 fully saturated rings. The summed E-state index contributed by atoms with van der Waals surface area (Å²) in [4.78, 5) is 26.6. The maximum absolute atomic E-state index is 12.7. The van der Waals surface area contributed by atoms with Crippen LogP contribution in [0.15, 0.2) is 24.3 Å². The average molecular weight is 271 g/mol. The van der Waals surface area contributed by atoms with Gasteiger partial charge in [-0.3, -0.25) is 9.59 Å². The summed E-state index contributed by atoms with van der Waals surface area (Å²) in [6.45, 7) is 4.55. The molecule has 0 aliphatic carbocycles. The zero-order valence-electron chi connectivity index (χ0n) is 11.5. The number of fused-ring (bicyclic) bond motifs is 3. The van der Waals surface area contributed by atoms with Crippen molar-refractivity contribution in [3.8, 4) is 0 Å². The second kappa shape index (κ2) is 4.14. The van der Waals surface area contributed by atoms with E-state index in [1.165, 1.54) is 4.90 Å². The summed E-state index contributed by atoms with van der Waals surface area (Å²) in [5.41, 5.74) is 1.82. The molecular weight excluding hydrogens is 254 g/mol. The first-order valence-electron chi connectivity index (χ1n) is 7.13. The molecule has 2 amide bonds. The molecule has 3 aliphatic heterocycles. The number of anilines is 1. The maximum atomic E-state index is 12.7. The quantitative estimate of drug-likeness (QED) is 0.708. The normalized spacial score (nSPS) is 30.1. The number of imide groups is 1. The number of amides is 2. The summed E-state index contributed by atoms with van der Waals surface area (Å²) in [6.07, 6.45) is 1.08. The molecule has 0 spiro atoms. The predicted octanol–water partition coefficient (Wildman–Crippen LogP) is 0.789. The number of hydrazine groups is 1. The summed E-state index contributed by atoms with van der Waals surface area (Å²) < 4.78 is 0. The van der Waals surface area contributed by atoms with E-state index in [4.69, 9.17) is 0 Å². The zero-order valence-corrected chi connectivity index (χ0v) is 11.5. The molecule has 1 aromatic rings. The van der Waals surface area contributed by atoms with Gasteiger partial charge in [-0.15, -0.1) is 0 Å². The van der Waals surface area contributed by atoms with E-state index in [1.807, 2.05) is 31.2 Å². The van der Waals surface area contributed by atoms with Gasteiger partial charge in [-0.2, -0.15) is 0 Å². The summed E-state index contributed by atoms with van der Waals surface area (Å²) in [7, 11) is 0. The average Bonchev–Trinajstić information content (AvgIpc) is 3.05. The molecule has 104 valence electrons. The molecule has 3 aliphatic rings. The predicted molar refractivity (Wildman–Crippen MR) is 73.8 cm³/mol. The maximum Gasteiger partial charge on any atom is 0.253 e. The number of benzene rings is 1. The van der Waals surface area contributed by atoms with E-state index in [1.54, 1.807) is 0 Å². The highest BCUT2D eigenvalue weighted by Crippen LogP contribution is 2.37. The molecule has 0 N–H and O–H groups in total. The van der Waals surface area contributed by atoms with Crippen molar-refractivity contribution >= 4 is 17.5 Å². The highest BCUT2D eigenvalue weighted by molar-refractivity contribution is 6.23. The lowest BCUT2D eigenvalue weighted by Crippen LogP contribution is -2.43. The number of aryl methyl sites for hydroxylation is 1. The largest absolute Gasteiger partial charge is 0.274 e. The Morgan fingerprint density at radius 2 is 1.80 bits per heavy atom. The van der Waals surface area contributed by atoms with E-state index < -0.39 is 0 Å². The van der Waals surface area contributed by atoms with Crippen molar-refractivity contribution < 1.29 is 9.59 Å². The van der Waals surface area contributed by atoms with Gasteiger partial charge in [-0.05, 0) is 25.5 Å². The van der Waals surface area contributed by atoms with Crippen LogP contribution >= 0.6 is 0 Å². The molecule has 3 saturated heterocycles. The topological polar surface area (TPSA) is 43.9 Å². The van der Waals surface area contributed by atoms with Crippen LogP contribution in [0.25, 0.3) is 0 Å². The van der Waals surface area contributed by atoms with Crippen LogP contribution in [0.1, 0.15) is 12.0 Å². The van der Waals surface area contributed by atoms with Gasteiger partial charge in [0.25, 0.3) is 5.91 Å². The van der Waals surface area contributed by atoms with E-state index in [-0.39, 0.29) is 23.8 Å². The molecule has 0 bridgehead atoms. The smallest absolute Gasteiger partial charge is 0.253 e. The minimum Gasteiger partial charge on any atom is -0.274 e. The van der Waals surface area contributed by atoms with Crippen LogP contribution in [0.3, 0.4) is 0 Å². The fourth-order valence-corrected chi connectivity index (χ4v) is 3.60. The second-order valence-corrected chi connectivity index (χ2v) is 5.83. The van der Waals surface area contributed by atoms with Crippen molar-refractivity contribution in [2.24, 2.45) is 5.92 Å². The Morgan fingerprint density at radius 3 is 2.55 bits per heavy atom. The third-order valence-electron chi connectivity index (χ3n) is 4.58. The Kier molecular flexibility index (Phi) is 2.49. The molecule has 0 saturated carbocycles. The van der Waals surface area contributed by atoms with Crippen molar-refractivity contribution in [2.75, 3.05) is 24.5 Å². The van der Waals surface area contributed by atoms with Gasteiger partial charge in [-0.25, -0.2) is 14.9 Å². The summed E-state index contributed by atoms with van der Waals surface area (Å²) in [5, 5.41) is 4.26. The Bertz CT molecular complexity index is 583. The molecule has 5 nitrogen and oxygen atoms in total. The van der Waals surface area contributed by atoms with Crippen molar-refractivity contribution in [1.29, 1.82) is 0 Å². The van der Waals surface area contributed by atoms with Gasteiger partial charge in [0.2, 0.25) is 5.91 Å². The Morgan fingerprint density at radius 1 is 1.05 bits per heavy atom. The van der Waals surface area contributed by atoms with Gasteiger partial charge in [-0.1, -0.05) is 17.7 Å². The Hall–Kier alpha value is -1.72. The van der Waals surface area contributed by atoms with Gasteiger partial charge >= 0.3 is 0 Å². The first-order chi connectivity index (χ1) is 9.66. The zero-order chi connectivity index (χ0) is 13.9. The molecule has 3 heterocycles. The van der Waals surface area contributed by atoms with Crippen LogP contribution in [-0.2, 0) is 9.59 Å². The third kappa shape index (κ3) is 1.50. The van der Waals surface area contributed by atoms with E-state index in [2.05, 4.69) is 10.0 Å². The molecule has 2 unspecified atom stereocenters. The van der Waals surface area contributed by atoms with Crippen LogP contribution in [0.5, 0.6) is 0 Å². The van der Waals surface area contributed by atoms with Crippen molar-refractivity contribution in [2.45, 2.75) is 19.4 Å². The molecule has 0 radical (unpaired) electrons. The lowest BCUT2D eigenvalue weighted by atomic mass is 10.0. The Balaban J connectivity index is 1.69. The first kappa shape index (κ1) is 12.1. The summed E-state index contributed by atoms with van der Waals surface area (Å²) >= 11 is 0. The van der Waals surface area contributed by atoms with Gasteiger partial charge in [0, 0.05) is 19.6 Å². The van der Waals surface area contributed by atoms with Gasteiger partial charge < -0.3 is 0 Å². The number of carbonyl (C=O) groups excluding carboxylic acids is 2. The minimum atomic E-state index is -0.272. The summed E-state index contributed by atoms with van der Waals surface area (Å²) in [6, 6.07) is 7.31. The molecule has 0 aromatic heterocycles. The fraction of sp³-hybridized carbons (Fsp3) is 0.467. The fourth-order valence-electron chi connectivity index (χ4n) is 3.60. The molecule has 20 heavy (non-hydrogen) atoms. The highest BCUT2D eigenvalue weighted by Gasteiger charge is 2.57. The lowest BCUT2D eigenvalue weighted by Gasteiger charge is -2.24. The molecular formula is C15H17N3O2. The van der Waals surface area contributed by atoms with Crippen LogP contribution in [0.2, 0.25) is 0 Å². The van der Waals surface area contributed by atoms with Crippen LogP contribution in [0.4, 0.5) is 5.69 Å². The lowest BCUT2D eigenvalue weighted by molar-refractivity contribution is -0.125. The van der Waals surface area contributed by atoms with E-state index >= 15 is 0 Å². The van der Waals surface area contributed by atoms with Crippen molar-refractivity contribution in [3.63, 3.8) is 0 Å². The first-order valence-corrected chi connectivity index (χ1v) is 7.13. The number of hydrogen-bond donors (Lipinski definition) is 0. The van der Waals surface area contributed by atoms with Crippen LogP contribution < -0.4 is 4.90 Å². The van der Waals surface area contributed by atoms with E-state index in [9.17, 15) is 9.59 Å². The van der Waals surface area contributed by atoms with Crippen molar-refractivity contribution in [1.82, 2.24) is 10.0 Å². The van der Waals surface area contributed by atoms with E-state index in [0.29, 0.717) is 12.2 Å². The van der Waals surface area contributed by atoms with E-state index in [0.717, 1.165) is 25.1 Å². The standard InChI is InChI=1S/C15H17N3O2/c1-10-3-5-11(6-4-10)18-14(19)12-9-16-7-2-8-17(16)13(12)15(18)20/h3-6,12-13H,2,7-9H2,1H3. The van der Waals surface area contributed by atoms with Crippen LogP contribution in [-0.4, -0.2) is 47.5 Å². The van der Waals surface area contributed by atoms with Gasteiger partial charge in [0.1, 0.15) is 6.04 Å². The molecule has 2 atom stereocenters. The molecule has 4 rings (SSSR count). The SMILES string of the molecule is Cc1ccc(N2C(=O)C3CN4CCCN4C3C2=O)cc1. The molecule has 1 aromatic carbocycles. The highest BCUT2D eigenvalue weighted by atomic mass is 16.2. The second-order valence-electron chi connectivity index (χ2n) is 5.83. The minimum absolute atomic E-state index is 0.0433. The number of nitrogens with zero attached hydrogens (tertiary/aromatic N) is 3. The molecule has 5 heteroatoms. The number of carbonyl (C=O) groups is 2. The summed E-state index contributed by atoms with van der Waals surface area (Å²) in [5.74, 6) is -0.296. The van der Waals surface area contributed by atoms with Gasteiger partial charge in [0.05, 0.1) is 11.6 Å². The number of hydrogen-bond acceptors (Lipinski definition) is 4. The third-order valence-corrected chi connectivity index (χ3v) is 4.58. The van der Waals surface area contributed by atoms with Crippen LogP contribution in [0, 0.1) is 12.8 Å².